The van der Waals surface area contributed by atoms with Crippen LogP contribution in [0.5, 0.6) is 0 Å². The molecule has 2 aliphatic rings. The van der Waals surface area contributed by atoms with Gasteiger partial charge in [0.15, 0.2) is 0 Å². The van der Waals surface area contributed by atoms with Crippen LogP contribution in [-0.4, -0.2) is 44.8 Å². The molecule has 0 fully saturated rings. The highest BCUT2D eigenvalue weighted by molar-refractivity contribution is 7.89. The third-order valence-corrected chi connectivity index (χ3v) is 7.65. The van der Waals surface area contributed by atoms with Gasteiger partial charge in [0.2, 0.25) is 0 Å². The fourth-order valence-corrected chi connectivity index (χ4v) is 5.27. The number of aliphatic imine (C=N–C) groups is 1. The van der Waals surface area contributed by atoms with Gasteiger partial charge in [0.25, 0.3) is 10.0 Å². The summed E-state index contributed by atoms with van der Waals surface area (Å²) in [7, 11) is -4.24. The molecule has 8 heteroatoms. The maximum Gasteiger partial charge on any atom is 0.466 e. The van der Waals surface area contributed by atoms with Crippen LogP contribution in [-0.2, 0) is 19.3 Å². The minimum Gasteiger partial charge on any atom is -0.411 e. The quantitative estimate of drug-likeness (QED) is 0.571. The van der Waals surface area contributed by atoms with Gasteiger partial charge in [-0.05, 0) is 64.2 Å². The van der Waals surface area contributed by atoms with E-state index in [0.717, 1.165) is 24.0 Å². The Labute approximate surface area is 181 Å². The second-order valence-electron chi connectivity index (χ2n) is 8.82. The van der Waals surface area contributed by atoms with Gasteiger partial charge in [0, 0.05) is 30.8 Å². The molecule has 0 aromatic heterocycles. The SMILES string of the molecule is CCOB(OC(C)(C)CC)C1CN(S(=O)(=O)c2ccc(C)cc2)C2=C1CC(C)C=N2. The molecule has 2 atom stereocenters. The van der Waals surface area contributed by atoms with E-state index in [1.807, 2.05) is 46.0 Å². The van der Waals surface area contributed by atoms with E-state index in [-0.39, 0.29) is 28.8 Å². The van der Waals surface area contributed by atoms with E-state index in [2.05, 4.69) is 18.8 Å². The summed E-state index contributed by atoms with van der Waals surface area (Å²) in [5.74, 6) is 0.585. The second-order valence-corrected chi connectivity index (χ2v) is 10.7. The Kier molecular flexibility index (Phi) is 6.79. The van der Waals surface area contributed by atoms with E-state index >= 15 is 0 Å². The van der Waals surface area contributed by atoms with Crippen LogP contribution in [0, 0.1) is 12.8 Å². The highest BCUT2D eigenvalue weighted by atomic mass is 32.2. The molecule has 0 spiro atoms. The number of aryl methyl sites for hydroxylation is 1. The molecule has 30 heavy (non-hydrogen) atoms. The predicted molar refractivity (Wildman–Crippen MR) is 121 cm³/mol. The summed E-state index contributed by atoms with van der Waals surface area (Å²) in [6, 6.07) is 6.95. The summed E-state index contributed by atoms with van der Waals surface area (Å²) in [5.41, 5.74) is 1.66. The molecule has 0 aliphatic carbocycles. The van der Waals surface area contributed by atoms with Crippen LogP contribution in [0.15, 0.2) is 45.5 Å². The van der Waals surface area contributed by atoms with Crippen molar-refractivity contribution in [1.29, 1.82) is 0 Å². The fourth-order valence-electron chi connectivity index (χ4n) is 3.78. The fraction of sp³-hybridized carbons (Fsp3) is 0.591. The Bertz CT molecular complexity index is 925. The van der Waals surface area contributed by atoms with Crippen molar-refractivity contribution >= 4 is 23.4 Å². The molecular formula is C22H33BN2O4S. The zero-order valence-electron chi connectivity index (χ0n) is 18.9. The monoisotopic (exact) mass is 432 g/mol. The molecule has 0 N–H and O–H groups in total. The zero-order chi connectivity index (χ0) is 22.1. The van der Waals surface area contributed by atoms with Crippen molar-refractivity contribution in [2.75, 3.05) is 13.2 Å². The van der Waals surface area contributed by atoms with Crippen molar-refractivity contribution in [2.45, 2.75) is 70.7 Å². The summed E-state index contributed by atoms with van der Waals surface area (Å²) >= 11 is 0. The van der Waals surface area contributed by atoms with Gasteiger partial charge in [-0.2, -0.15) is 0 Å². The van der Waals surface area contributed by atoms with Crippen molar-refractivity contribution in [3.63, 3.8) is 0 Å². The van der Waals surface area contributed by atoms with Gasteiger partial charge in [-0.3, -0.25) is 0 Å². The van der Waals surface area contributed by atoms with Gasteiger partial charge < -0.3 is 9.31 Å². The van der Waals surface area contributed by atoms with Crippen molar-refractivity contribution in [2.24, 2.45) is 10.9 Å². The molecule has 0 saturated heterocycles. The summed E-state index contributed by atoms with van der Waals surface area (Å²) in [6.07, 6.45) is 3.42. The maximum absolute atomic E-state index is 13.5. The maximum atomic E-state index is 13.5. The van der Waals surface area contributed by atoms with E-state index in [4.69, 9.17) is 9.31 Å². The first-order valence-corrected chi connectivity index (χ1v) is 12.2. The minimum atomic E-state index is -3.72. The average Bonchev–Trinajstić information content (AvgIpc) is 3.07. The van der Waals surface area contributed by atoms with Crippen LogP contribution in [0.1, 0.15) is 53.0 Å². The third kappa shape index (κ3) is 4.66. The highest BCUT2D eigenvalue weighted by Gasteiger charge is 2.48. The van der Waals surface area contributed by atoms with Crippen molar-refractivity contribution < 1.29 is 17.7 Å². The minimum absolute atomic E-state index is 0.189. The van der Waals surface area contributed by atoms with E-state index < -0.39 is 17.1 Å². The summed E-state index contributed by atoms with van der Waals surface area (Å²) < 4.78 is 40.8. The molecule has 1 aromatic rings. The number of nitrogens with zero attached hydrogens (tertiary/aromatic N) is 2. The van der Waals surface area contributed by atoms with Crippen LogP contribution >= 0.6 is 0 Å². The lowest BCUT2D eigenvalue weighted by atomic mass is 9.66. The first kappa shape index (κ1) is 23.0. The molecule has 1 aromatic carbocycles. The predicted octanol–water partition coefficient (Wildman–Crippen LogP) is 4.42. The van der Waals surface area contributed by atoms with Gasteiger partial charge >= 0.3 is 7.12 Å². The number of rotatable bonds is 8. The van der Waals surface area contributed by atoms with Gasteiger partial charge in [-0.15, -0.1) is 0 Å². The van der Waals surface area contributed by atoms with Crippen molar-refractivity contribution in [3.8, 4) is 0 Å². The molecule has 3 rings (SSSR count). The Balaban J connectivity index is 2.00. The average molecular weight is 432 g/mol. The van der Waals surface area contributed by atoms with Gasteiger partial charge in [0.1, 0.15) is 5.82 Å². The molecule has 0 bridgehead atoms. The lowest BCUT2D eigenvalue weighted by Crippen LogP contribution is -2.41. The van der Waals surface area contributed by atoms with E-state index in [1.54, 1.807) is 12.1 Å². The van der Waals surface area contributed by atoms with E-state index in [0.29, 0.717) is 12.4 Å². The van der Waals surface area contributed by atoms with Gasteiger partial charge in [-0.1, -0.05) is 31.5 Å². The first-order valence-electron chi connectivity index (χ1n) is 10.7. The molecule has 2 heterocycles. The Morgan fingerprint density at radius 2 is 1.90 bits per heavy atom. The Morgan fingerprint density at radius 3 is 2.50 bits per heavy atom. The summed E-state index contributed by atoms with van der Waals surface area (Å²) in [4.78, 5) is 4.84. The molecule has 164 valence electrons. The highest BCUT2D eigenvalue weighted by Crippen LogP contribution is 2.44. The normalized spacial score (nSPS) is 21.9. The van der Waals surface area contributed by atoms with E-state index in [9.17, 15) is 8.42 Å². The van der Waals surface area contributed by atoms with Crippen LogP contribution in [0.3, 0.4) is 0 Å². The van der Waals surface area contributed by atoms with Crippen LogP contribution in [0.4, 0.5) is 0 Å². The largest absolute Gasteiger partial charge is 0.466 e. The zero-order valence-corrected chi connectivity index (χ0v) is 19.7. The Hall–Kier alpha value is -1.64. The topological polar surface area (TPSA) is 68.2 Å². The standard InChI is InChI=1S/C22H33BN2O4S/c1-7-22(5,6)29-23(28-8-2)20-15-25(21-19(20)13-17(4)14-24-21)30(26,27)18-11-9-16(3)10-12-18/h9-12,14,17,20H,7-8,13,15H2,1-6H3. The molecule has 2 aliphatic heterocycles. The van der Waals surface area contributed by atoms with Crippen molar-refractivity contribution in [1.82, 2.24) is 4.31 Å². The summed E-state index contributed by atoms with van der Waals surface area (Å²) in [5, 5.41) is 0. The second kappa shape index (κ2) is 8.85. The molecule has 0 amide bonds. The molecule has 0 saturated carbocycles. The number of hydrogen-bond acceptors (Lipinski definition) is 5. The molecule has 0 radical (unpaired) electrons. The van der Waals surface area contributed by atoms with E-state index in [1.165, 1.54) is 4.31 Å². The lowest BCUT2D eigenvalue weighted by molar-refractivity contribution is 0.0611. The van der Waals surface area contributed by atoms with Crippen LogP contribution < -0.4 is 0 Å². The third-order valence-electron chi connectivity index (χ3n) is 5.88. The number of sulfonamides is 1. The first-order chi connectivity index (χ1) is 14.1. The van der Waals surface area contributed by atoms with Crippen LogP contribution in [0.2, 0.25) is 5.82 Å². The van der Waals surface area contributed by atoms with Gasteiger partial charge in [0.05, 0.1) is 4.90 Å². The Morgan fingerprint density at radius 1 is 1.23 bits per heavy atom. The van der Waals surface area contributed by atoms with Crippen LogP contribution in [0.25, 0.3) is 0 Å². The molecule has 2 unspecified atom stereocenters. The smallest absolute Gasteiger partial charge is 0.411 e. The summed E-state index contributed by atoms with van der Waals surface area (Å²) in [6.45, 7) is 12.9. The number of benzene rings is 1. The van der Waals surface area contributed by atoms with Crippen molar-refractivity contribution in [3.05, 3.63) is 41.2 Å². The molecule has 6 nitrogen and oxygen atoms in total. The van der Waals surface area contributed by atoms with Gasteiger partial charge in [-0.25, -0.2) is 17.7 Å². The number of hydrogen-bond donors (Lipinski definition) is 0. The lowest BCUT2D eigenvalue weighted by Gasteiger charge is -2.31. The molecular weight excluding hydrogens is 399 g/mol.